The highest BCUT2D eigenvalue weighted by atomic mass is 16.1. The first-order chi connectivity index (χ1) is 6.84. The fourth-order valence-corrected chi connectivity index (χ4v) is 1.41. The molecule has 2 N–H and O–H groups in total. The average Bonchev–Trinajstić information content (AvgIpc) is 2.19. The van der Waals surface area contributed by atoms with E-state index >= 15 is 0 Å². The second-order valence-corrected chi connectivity index (χ2v) is 3.20. The van der Waals surface area contributed by atoms with Crippen molar-refractivity contribution < 1.29 is 4.79 Å². The zero-order chi connectivity index (χ0) is 9.80. The summed E-state index contributed by atoms with van der Waals surface area (Å²) in [5.74, 6) is -0.0188. The third-order valence-electron chi connectivity index (χ3n) is 2.08. The quantitative estimate of drug-likeness (QED) is 0.759. The van der Waals surface area contributed by atoms with Crippen LogP contribution < -0.4 is 10.6 Å². The topological polar surface area (TPSA) is 41.1 Å². The lowest BCUT2D eigenvalue weighted by atomic mass is 10.2. The van der Waals surface area contributed by atoms with E-state index in [2.05, 4.69) is 10.6 Å². The summed E-state index contributed by atoms with van der Waals surface area (Å²) in [5, 5.41) is 5.95. The first-order valence-corrected chi connectivity index (χ1v) is 4.65. The smallest absolute Gasteiger partial charge is 0.245 e. The molecule has 1 aliphatic rings. The van der Waals surface area contributed by atoms with Crippen LogP contribution in [0, 0.1) is 0 Å². The van der Waals surface area contributed by atoms with Crippen molar-refractivity contribution in [1.29, 1.82) is 0 Å². The Labute approximate surface area is 82.8 Å². The molecule has 1 aromatic rings. The minimum absolute atomic E-state index is 0.0188. The van der Waals surface area contributed by atoms with Gasteiger partial charge in [0.2, 0.25) is 5.91 Å². The largest absolute Gasteiger partial charge is 0.359 e. The Hall–Kier alpha value is -1.77. The minimum atomic E-state index is -0.0188. The normalized spacial score (nSPS) is 15.7. The minimum Gasteiger partial charge on any atom is -0.359 e. The number of nitrogens with one attached hydrogen (secondary N) is 2. The van der Waals surface area contributed by atoms with Crippen LogP contribution in [0.3, 0.4) is 0 Å². The molecule has 2 rings (SSSR count). The van der Waals surface area contributed by atoms with Crippen LogP contribution in [0.5, 0.6) is 0 Å². The zero-order valence-corrected chi connectivity index (χ0v) is 7.79. The van der Waals surface area contributed by atoms with Gasteiger partial charge in [-0.2, -0.15) is 0 Å². The molecule has 72 valence electrons. The van der Waals surface area contributed by atoms with Gasteiger partial charge in [0.15, 0.2) is 0 Å². The molecule has 0 radical (unpaired) electrons. The lowest BCUT2D eigenvalue weighted by Crippen LogP contribution is -2.28. The van der Waals surface area contributed by atoms with Gasteiger partial charge in [0.05, 0.1) is 0 Å². The van der Waals surface area contributed by atoms with E-state index in [-0.39, 0.29) is 5.91 Å². The monoisotopic (exact) mass is 200 g/mol. The molecule has 0 aromatic heterocycles. The Morgan fingerprint density at radius 1 is 1.36 bits per heavy atom. The third-order valence-corrected chi connectivity index (χ3v) is 2.08. The maximum Gasteiger partial charge on any atom is 0.245 e. The molecular formula is C11H12N2O. The molecule has 0 fully saturated rings. The predicted molar refractivity (Wildman–Crippen MR) is 55.8 cm³/mol. The second-order valence-electron chi connectivity index (χ2n) is 3.20. The molecule has 0 spiro atoms. The molecule has 1 aromatic carbocycles. The van der Waals surface area contributed by atoms with Gasteiger partial charge in [-0.1, -0.05) is 18.2 Å². The summed E-state index contributed by atoms with van der Waals surface area (Å²) >= 11 is 0. The molecule has 1 amide bonds. The van der Waals surface area contributed by atoms with Crippen molar-refractivity contribution in [3.8, 4) is 0 Å². The number of benzene rings is 1. The van der Waals surface area contributed by atoms with Gasteiger partial charge in [0, 0.05) is 30.4 Å². The lowest BCUT2D eigenvalue weighted by molar-refractivity contribution is -0.116. The number of carbonyl (C=O) groups excluding carboxylic acids is 1. The van der Waals surface area contributed by atoms with Gasteiger partial charge in [-0.25, -0.2) is 0 Å². The number of amides is 1. The number of hydrogen-bond acceptors (Lipinski definition) is 2. The Morgan fingerprint density at radius 3 is 2.86 bits per heavy atom. The van der Waals surface area contributed by atoms with E-state index in [1.807, 2.05) is 30.3 Å². The van der Waals surface area contributed by atoms with Crippen molar-refractivity contribution in [2.24, 2.45) is 0 Å². The van der Waals surface area contributed by atoms with Gasteiger partial charge >= 0.3 is 0 Å². The fraction of sp³-hybridized carbons (Fsp3) is 0.182. The Bertz CT molecular complexity index is 357. The van der Waals surface area contributed by atoms with E-state index in [0.717, 1.165) is 17.8 Å². The van der Waals surface area contributed by atoms with Crippen LogP contribution in [0.25, 0.3) is 0 Å². The Kier molecular flexibility index (Phi) is 2.49. The molecular weight excluding hydrogens is 188 g/mol. The van der Waals surface area contributed by atoms with Crippen LogP contribution in [0.1, 0.15) is 6.42 Å². The van der Waals surface area contributed by atoms with Crippen molar-refractivity contribution in [3.63, 3.8) is 0 Å². The molecule has 1 aliphatic heterocycles. The zero-order valence-electron chi connectivity index (χ0n) is 7.79. The van der Waals surface area contributed by atoms with Crippen molar-refractivity contribution in [1.82, 2.24) is 5.32 Å². The van der Waals surface area contributed by atoms with Crippen LogP contribution in [-0.4, -0.2) is 12.5 Å². The molecule has 3 heteroatoms. The van der Waals surface area contributed by atoms with E-state index in [9.17, 15) is 4.79 Å². The Morgan fingerprint density at radius 2 is 2.14 bits per heavy atom. The number of carbonyl (C=O) groups is 1. The summed E-state index contributed by atoms with van der Waals surface area (Å²) < 4.78 is 0. The second kappa shape index (κ2) is 3.96. The van der Waals surface area contributed by atoms with Crippen LogP contribution in [0.4, 0.5) is 5.69 Å². The van der Waals surface area contributed by atoms with E-state index in [1.165, 1.54) is 0 Å². The highest BCUT2D eigenvalue weighted by molar-refractivity contribution is 5.89. The summed E-state index contributed by atoms with van der Waals surface area (Å²) in [7, 11) is 0. The van der Waals surface area contributed by atoms with E-state index in [1.54, 1.807) is 6.08 Å². The number of para-hydroxylation sites is 1. The van der Waals surface area contributed by atoms with Crippen LogP contribution in [0.2, 0.25) is 0 Å². The van der Waals surface area contributed by atoms with Crippen molar-refractivity contribution in [3.05, 3.63) is 42.1 Å². The fourth-order valence-electron chi connectivity index (χ4n) is 1.41. The maximum absolute atomic E-state index is 11.0. The molecule has 0 atom stereocenters. The standard InChI is InChI=1S/C11H12N2O/c14-11-8-10(6-7-12-11)13-9-4-2-1-3-5-9/h1-5,8,13H,6-7H2,(H,12,14)/i1+2,2+2,3+2,4+2,5+2,9+2. The van der Waals surface area contributed by atoms with Crippen molar-refractivity contribution in [2.45, 2.75) is 6.42 Å². The molecule has 1 heterocycles. The number of anilines is 1. The van der Waals surface area contributed by atoms with Crippen LogP contribution in [0.15, 0.2) is 42.1 Å². The van der Waals surface area contributed by atoms with Crippen molar-refractivity contribution in [2.75, 3.05) is 11.9 Å². The average molecular weight is 200 g/mol. The number of hydrogen-bond donors (Lipinski definition) is 2. The summed E-state index contributed by atoms with van der Waals surface area (Å²) in [4.78, 5) is 11.0. The molecule has 14 heavy (non-hydrogen) atoms. The highest BCUT2D eigenvalue weighted by Gasteiger charge is 2.07. The summed E-state index contributed by atoms with van der Waals surface area (Å²) in [6, 6.07) is 9.85. The van der Waals surface area contributed by atoms with Crippen LogP contribution >= 0.6 is 0 Å². The molecule has 0 saturated heterocycles. The van der Waals surface area contributed by atoms with Crippen LogP contribution in [-0.2, 0) is 4.79 Å². The van der Waals surface area contributed by atoms with Crippen molar-refractivity contribution >= 4 is 11.6 Å². The summed E-state index contributed by atoms with van der Waals surface area (Å²) in [5.41, 5.74) is 1.99. The summed E-state index contributed by atoms with van der Waals surface area (Å²) in [6.07, 6.45) is 2.47. The third kappa shape index (κ3) is 2.13. The molecule has 3 nitrogen and oxygen atoms in total. The first-order valence-electron chi connectivity index (χ1n) is 4.65. The van der Waals surface area contributed by atoms with Gasteiger partial charge in [0.1, 0.15) is 0 Å². The van der Waals surface area contributed by atoms with Gasteiger partial charge in [-0.3, -0.25) is 4.79 Å². The van der Waals surface area contributed by atoms with Gasteiger partial charge in [-0.15, -0.1) is 0 Å². The van der Waals surface area contributed by atoms with E-state index in [4.69, 9.17) is 0 Å². The molecule has 0 unspecified atom stereocenters. The Balaban J connectivity index is 2.08. The predicted octanol–water partition coefficient (Wildman–Crippen LogP) is 1.50. The molecule has 0 saturated carbocycles. The molecule has 0 bridgehead atoms. The maximum atomic E-state index is 11.0. The van der Waals surface area contributed by atoms with E-state index < -0.39 is 0 Å². The van der Waals surface area contributed by atoms with E-state index in [0.29, 0.717) is 6.54 Å². The SMILES string of the molecule is O=C1C=C(N[14c]2[14cH][14cH][14cH][14cH][14cH]2)CCN1. The first kappa shape index (κ1) is 8.81. The molecule has 0 aliphatic carbocycles. The highest BCUT2D eigenvalue weighted by Crippen LogP contribution is 2.12. The lowest BCUT2D eigenvalue weighted by Gasteiger charge is -2.15. The van der Waals surface area contributed by atoms with Gasteiger partial charge < -0.3 is 10.6 Å². The van der Waals surface area contributed by atoms with Gasteiger partial charge in [-0.05, 0) is 12.1 Å². The summed E-state index contributed by atoms with van der Waals surface area (Å²) in [6.45, 7) is 0.713. The van der Waals surface area contributed by atoms with Gasteiger partial charge in [0.25, 0.3) is 0 Å². The number of rotatable bonds is 2.